The summed E-state index contributed by atoms with van der Waals surface area (Å²) >= 11 is 0. The number of carbonyl (C=O) groups excluding carboxylic acids is 1. The van der Waals surface area contributed by atoms with E-state index in [1.165, 1.54) is 0 Å². The SMILES string of the molecule is Cc1cc2c(cc1Nc1ccccc1)C1(OC(=O)c3ccccc31)c1ccc(N(C)C)cc1O2. The molecule has 0 saturated carbocycles. The van der Waals surface area contributed by atoms with Crippen molar-refractivity contribution in [3.8, 4) is 11.5 Å². The van der Waals surface area contributed by atoms with Gasteiger partial charge < -0.3 is 19.7 Å². The van der Waals surface area contributed by atoms with Gasteiger partial charge in [0.2, 0.25) is 0 Å². The average molecular weight is 449 g/mol. The molecule has 4 aromatic carbocycles. The quantitative estimate of drug-likeness (QED) is 0.369. The third-order valence-electron chi connectivity index (χ3n) is 6.61. The number of ether oxygens (including phenoxy) is 2. The number of rotatable bonds is 3. The van der Waals surface area contributed by atoms with Gasteiger partial charge in [0.1, 0.15) is 11.5 Å². The molecule has 6 rings (SSSR count). The van der Waals surface area contributed by atoms with Gasteiger partial charge in [0.15, 0.2) is 5.60 Å². The standard InChI is InChI=1S/C29H24N2O3/c1-18-15-26-24(17-25(18)30-19-9-5-4-6-10-19)29(22-12-8-7-11-21(22)28(32)34-29)23-14-13-20(31(2)3)16-27(23)33-26/h4-17,30H,1-3H3. The Hall–Kier alpha value is -4.25. The van der Waals surface area contributed by atoms with Crippen LogP contribution in [0.25, 0.3) is 0 Å². The fourth-order valence-corrected chi connectivity index (χ4v) is 4.90. The Labute approximate surface area is 198 Å². The lowest BCUT2D eigenvalue weighted by atomic mass is 9.77. The first kappa shape index (κ1) is 20.4. The molecule has 0 aromatic heterocycles. The zero-order valence-corrected chi connectivity index (χ0v) is 19.3. The second kappa shape index (κ2) is 7.39. The van der Waals surface area contributed by atoms with E-state index in [1.807, 2.05) is 105 Å². The highest BCUT2D eigenvalue weighted by Crippen LogP contribution is 2.57. The number of nitrogens with one attached hydrogen (secondary N) is 1. The molecule has 1 spiro atoms. The number of aryl methyl sites for hydroxylation is 1. The zero-order valence-electron chi connectivity index (χ0n) is 19.3. The summed E-state index contributed by atoms with van der Waals surface area (Å²) in [6.07, 6.45) is 0. The maximum Gasteiger partial charge on any atom is 0.340 e. The van der Waals surface area contributed by atoms with Crippen molar-refractivity contribution in [1.82, 2.24) is 0 Å². The molecule has 2 aliphatic rings. The van der Waals surface area contributed by atoms with E-state index in [-0.39, 0.29) is 5.97 Å². The van der Waals surface area contributed by atoms with Crippen LogP contribution in [0.15, 0.2) is 84.9 Å². The molecule has 0 amide bonds. The largest absolute Gasteiger partial charge is 0.456 e. The van der Waals surface area contributed by atoms with Crippen LogP contribution in [0.1, 0.15) is 32.6 Å². The lowest BCUT2D eigenvalue weighted by Crippen LogP contribution is -2.33. The average Bonchev–Trinajstić information content (AvgIpc) is 3.13. The van der Waals surface area contributed by atoms with E-state index in [4.69, 9.17) is 9.47 Å². The lowest BCUT2D eigenvalue weighted by Gasteiger charge is -2.37. The van der Waals surface area contributed by atoms with Gasteiger partial charge in [-0.05, 0) is 55.0 Å². The summed E-state index contributed by atoms with van der Waals surface area (Å²) in [5, 5.41) is 3.51. The molecule has 1 unspecified atom stereocenters. The molecule has 0 fully saturated rings. The maximum absolute atomic E-state index is 13.1. The topological polar surface area (TPSA) is 50.8 Å². The molecule has 2 aliphatic heterocycles. The van der Waals surface area contributed by atoms with E-state index in [2.05, 4.69) is 11.4 Å². The molecule has 34 heavy (non-hydrogen) atoms. The summed E-state index contributed by atoms with van der Waals surface area (Å²) in [6, 6.07) is 27.7. The predicted octanol–water partition coefficient (Wildman–Crippen LogP) is 6.37. The van der Waals surface area contributed by atoms with E-state index >= 15 is 0 Å². The third-order valence-corrected chi connectivity index (χ3v) is 6.61. The van der Waals surface area contributed by atoms with Crippen LogP contribution in [0.3, 0.4) is 0 Å². The van der Waals surface area contributed by atoms with Crippen LogP contribution >= 0.6 is 0 Å². The van der Waals surface area contributed by atoms with Crippen molar-refractivity contribution in [2.45, 2.75) is 12.5 Å². The van der Waals surface area contributed by atoms with Crippen LogP contribution < -0.4 is 15.0 Å². The van der Waals surface area contributed by atoms with Gasteiger partial charge in [-0.2, -0.15) is 0 Å². The molecular weight excluding hydrogens is 424 g/mol. The Bertz CT molecular complexity index is 1450. The molecule has 5 heteroatoms. The first-order chi connectivity index (χ1) is 16.5. The van der Waals surface area contributed by atoms with Crippen LogP contribution in [-0.2, 0) is 10.3 Å². The van der Waals surface area contributed by atoms with Gasteiger partial charge in [-0.1, -0.05) is 36.4 Å². The second-order valence-corrected chi connectivity index (χ2v) is 8.95. The molecule has 5 nitrogen and oxygen atoms in total. The van der Waals surface area contributed by atoms with E-state index < -0.39 is 5.60 Å². The summed E-state index contributed by atoms with van der Waals surface area (Å²) in [7, 11) is 3.98. The molecule has 1 N–H and O–H groups in total. The van der Waals surface area contributed by atoms with Gasteiger partial charge >= 0.3 is 5.97 Å². The lowest BCUT2D eigenvalue weighted by molar-refractivity contribution is 0.0224. The Morgan fingerprint density at radius 2 is 1.53 bits per heavy atom. The molecule has 0 aliphatic carbocycles. The van der Waals surface area contributed by atoms with Gasteiger partial charge in [0, 0.05) is 53.9 Å². The summed E-state index contributed by atoms with van der Waals surface area (Å²) in [5.74, 6) is 1.04. The number of esters is 1. The van der Waals surface area contributed by atoms with Crippen LogP contribution in [0.2, 0.25) is 0 Å². The van der Waals surface area contributed by atoms with Crippen LogP contribution in [0, 0.1) is 6.92 Å². The minimum atomic E-state index is -1.08. The first-order valence-electron chi connectivity index (χ1n) is 11.3. The van der Waals surface area contributed by atoms with Gasteiger partial charge in [-0.15, -0.1) is 0 Å². The molecular formula is C29H24N2O3. The first-order valence-corrected chi connectivity index (χ1v) is 11.3. The molecule has 0 radical (unpaired) electrons. The Morgan fingerprint density at radius 3 is 2.32 bits per heavy atom. The van der Waals surface area contributed by atoms with Crippen molar-refractivity contribution in [1.29, 1.82) is 0 Å². The highest BCUT2D eigenvalue weighted by atomic mass is 16.6. The van der Waals surface area contributed by atoms with Gasteiger partial charge in [0.05, 0.1) is 5.56 Å². The van der Waals surface area contributed by atoms with Crippen molar-refractivity contribution in [2.24, 2.45) is 0 Å². The Morgan fingerprint density at radius 1 is 0.794 bits per heavy atom. The number of para-hydroxylation sites is 1. The van der Waals surface area contributed by atoms with Gasteiger partial charge in [-0.25, -0.2) is 4.79 Å². The number of hydrogen-bond donors (Lipinski definition) is 1. The second-order valence-electron chi connectivity index (χ2n) is 8.95. The number of anilines is 3. The Balaban J connectivity index is 1.61. The number of nitrogens with zero attached hydrogens (tertiary/aromatic N) is 1. The number of hydrogen-bond acceptors (Lipinski definition) is 5. The normalized spacial score (nSPS) is 17.3. The fourth-order valence-electron chi connectivity index (χ4n) is 4.90. The molecule has 0 saturated heterocycles. The minimum Gasteiger partial charge on any atom is -0.456 e. The van der Waals surface area contributed by atoms with Crippen LogP contribution in [-0.4, -0.2) is 20.1 Å². The van der Waals surface area contributed by atoms with E-state index in [9.17, 15) is 4.79 Å². The summed E-state index contributed by atoms with van der Waals surface area (Å²) in [4.78, 5) is 15.1. The van der Waals surface area contributed by atoms with E-state index in [0.29, 0.717) is 17.1 Å². The molecule has 4 aromatic rings. The predicted molar refractivity (Wildman–Crippen MR) is 133 cm³/mol. The van der Waals surface area contributed by atoms with E-state index in [1.54, 1.807) is 0 Å². The number of fused-ring (bicyclic) bond motifs is 6. The smallest absolute Gasteiger partial charge is 0.340 e. The highest BCUT2D eigenvalue weighted by molar-refractivity contribution is 5.97. The van der Waals surface area contributed by atoms with Crippen LogP contribution in [0.5, 0.6) is 11.5 Å². The molecule has 0 bridgehead atoms. The summed E-state index contributed by atoms with van der Waals surface area (Å²) in [5.41, 5.74) is 5.91. The summed E-state index contributed by atoms with van der Waals surface area (Å²) < 4.78 is 12.7. The van der Waals surface area contributed by atoms with Crippen molar-refractivity contribution >= 4 is 23.0 Å². The van der Waals surface area contributed by atoms with Gasteiger partial charge in [-0.3, -0.25) is 0 Å². The maximum atomic E-state index is 13.1. The number of carbonyl (C=O) groups is 1. The zero-order chi connectivity index (χ0) is 23.4. The fraction of sp³-hybridized carbons (Fsp3) is 0.138. The van der Waals surface area contributed by atoms with E-state index in [0.717, 1.165) is 39.3 Å². The third kappa shape index (κ3) is 2.90. The number of benzene rings is 4. The highest BCUT2D eigenvalue weighted by Gasteiger charge is 2.53. The molecule has 1 atom stereocenters. The van der Waals surface area contributed by atoms with Crippen molar-refractivity contribution in [3.05, 3.63) is 113 Å². The van der Waals surface area contributed by atoms with Crippen molar-refractivity contribution in [3.63, 3.8) is 0 Å². The monoisotopic (exact) mass is 448 g/mol. The van der Waals surface area contributed by atoms with Crippen molar-refractivity contribution in [2.75, 3.05) is 24.3 Å². The molecule has 2 heterocycles. The minimum absolute atomic E-state index is 0.329. The molecule has 168 valence electrons. The van der Waals surface area contributed by atoms with Crippen LogP contribution in [0.4, 0.5) is 17.1 Å². The Kier molecular flexibility index (Phi) is 4.42. The summed E-state index contributed by atoms with van der Waals surface area (Å²) in [6.45, 7) is 2.04. The van der Waals surface area contributed by atoms with Gasteiger partial charge in [0.25, 0.3) is 0 Å². The van der Waals surface area contributed by atoms with Crippen molar-refractivity contribution < 1.29 is 14.3 Å².